The SMILES string of the molecule is CS(=O)(=O)c1cccc(C(=O)C2CCN(C(=O)c3ccc(F)cc3)CC2)c1. The molecule has 7 heteroatoms. The molecule has 3 rings (SSSR count). The molecule has 2 aromatic carbocycles. The third-order valence-corrected chi connectivity index (χ3v) is 5.90. The van der Waals surface area contributed by atoms with Gasteiger partial charge in [-0.05, 0) is 49.2 Å². The first-order valence-corrected chi connectivity index (χ1v) is 10.5. The normalized spacial score (nSPS) is 15.6. The molecule has 0 radical (unpaired) electrons. The van der Waals surface area contributed by atoms with Gasteiger partial charge in [-0.15, -0.1) is 0 Å². The fraction of sp³-hybridized carbons (Fsp3) is 0.300. The molecule has 1 heterocycles. The Morgan fingerprint density at radius 2 is 1.63 bits per heavy atom. The van der Waals surface area contributed by atoms with Gasteiger partial charge in [0, 0.05) is 36.4 Å². The van der Waals surface area contributed by atoms with Crippen LogP contribution in [0.1, 0.15) is 33.6 Å². The minimum atomic E-state index is -3.38. The molecular weight excluding hydrogens is 369 g/mol. The number of hydrogen-bond donors (Lipinski definition) is 0. The van der Waals surface area contributed by atoms with Gasteiger partial charge in [0.25, 0.3) is 5.91 Å². The maximum absolute atomic E-state index is 13.0. The van der Waals surface area contributed by atoms with E-state index >= 15 is 0 Å². The number of carbonyl (C=O) groups excluding carboxylic acids is 2. The van der Waals surface area contributed by atoms with Crippen molar-refractivity contribution in [3.8, 4) is 0 Å². The molecule has 1 fully saturated rings. The molecule has 0 spiro atoms. The van der Waals surface area contributed by atoms with Gasteiger partial charge in [-0.3, -0.25) is 9.59 Å². The van der Waals surface area contributed by atoms with Crippen molar-refractivity contribution in [1.82, 2.24) is 4.90 Å². The number of benzene rings is 2. The van der Waals surface area contributed by atoms with E-state index < -0.39 is 15.7 Å². The molecule has 5 nitrogen and oxygen atoms in total. The molecule has 142 valence electrons. The smallest absolute Gasteiger partial charge is 0.253 e. The van der Waals surface area contributed by atoms with Gasteiger partial charge in [0.2, 0.25) is 0 Å². The summed E-state index contributed by atoms with van der Waals surface area (Å²) in [6.45, 7) is 0.858. The number of amides is 1. The highest BCUT2D eigenvalue weighted by molar-refractivity contribution is 7.90. The third kappa shape index (κ3) is 4.42. The van der Waals surface area contributed by atoms with Gasteiger partial charge in [0.15, 0.2) is 15.6 Å². The van der Waals surface area contributed by atoms with E-state index in [1.165, 1.54) is 36.4 Å². The van der Waals surface area contributed by atoms with Crippen LogP contribution in [0.3, 0.4) is 0 Å². The van der Waals surface area contributed by atoms with E-state index in [9.17, 15) is 22.4 Å². The van der Waals surface area contributed by atoms with Crippen LogP contribution in [0.4, 0.5) is 4.39 Å². The van der Waals surface area contributed by atoms with Crippen LogP contribution in [-0.2, 0) is 9.84 Å². The first kappa shape index (κ1) is 19.2. The second-order valence-corrected chi connectivity index (χ2v) is 8.75. The lowest BCUT2D eigenvalue weighted by atomic mass is 9.88. The summed E-state index contributed by atoms with van der Waals surface area (Å²) in [5.74, 6) is -0.932. The second kappa shape index (κ2) is 7.60. The van der Waals surface area contributed by atoms with E-state index in [1.54, 1.807) is 17.0 Å². The molecule has 1 aliphatic rings. The average molecular weight is 389 g/mol. The second-order valence-electron chi connectivity index (χ2n) is 6.74. The van der Waals surface area contributed by atoms with Crippen molar-refractivity contribution in [1.29, 1.82) is 0 Å². The number of sulfone groups is 1. The maximum atomic E-state index is 13.0. The molecule has 27 heavy (non-hydrogen) atoms. The van der Waals surface area contributed by atoms with Gasteiger partial charge < -0.3 is 4.90 Å². The molecule has 0 bridgehead atoms. The predicted molar refractivity (Wildman–Crippen MR) is 98.9 cm³/mol. The fourth-order valence-corrected chi connectivity index (χ4v) is 3.90. The number of Topliss-reactive ketones (excluding diaryl/α,β-unsaturated/α-hetero) is 1. The van der Waals surface area contributed by atoms with Crippen LogP contribution >= 0.6 is 0 Å². The number of rotatable bonds is 4. The number of hydrogen-bond acceptors (Lipinski definition) is 4. The Kier molecular flexibility index (Phi) is 5.41. The lowest BCUT2D eigenvalue weighted by Crippen LogP contribution is -2.40. The average Bonchev–Trinajstić information content (AvgIpc) is 2.67. The quantitative estimate of drug-likeness (QED) is 0.754. The molecule has 0 aromatic heterocycles. The highest BCUT2D eigenvalue weighted by Crippen LogP contribution is 2.24. The van der Waals surface area contributed by atoms with Crippen molar-refractivity contribution in [2.24, 2.45) is 5.92 Å². The van der Waals surface area contributed by atoms with Crippen molar-refractivity contribution >= 4 is 21.5 Å². The Hall–Kier alpha value is -2.54. The highest BCUT2D eigenvalue weighted by Gasteiger charge is 2.28. The molecule has 0 saturated carbocycles. The summed E-state index contributed by atoms with van der Waals surface area (Å²) in [6, 6.07) is 11.5. The van der Waals surface area contributed by atoms with Crippen LogP contribution in [-0.4, -0.2) is 44.4 Å². The highest BCUT2D eigenvalue weighted by atomic mass is 32.2. The molecular formula is C20H20FNO4S. The topological polar surface area (TPSA) is 71.5 Å². The predicted octanol–water partition coefficient (Wildman–Crippen LogP) is 2.96. The van der Waals surface area contributed by atoms with Crippen LogP contribution in [0.25, 0.3) is 0 Å². The minimum absolute atomic E-state index is 0.102. The van der Waals surface area contributed by atoms with Gasteiger partial charge >= 0.3 is 0 Å². The first-order chi connectivity index (χ1) is 12.8. The molecule has 1 amide bonds. The molecule has 1 aliphatic heterocycles. The zero-order chi connectivity index (χ0) is 19.6. The Bertz CT molecular complexity index is 962. The summed E-state index contributed by atoms with van der Waals surface area (Å²) in [5.41, 5.74) is 0.795. The largest absolute Gasteiger partial charge is 0.339 e. The molecule has 0 N–H and O–H groups in total. The zero-order valence-electron chi connectivity index (χ0n) is 14.9. The van der Waals surface area contributed by atoms with Gasteiger partial charge in [-0.1, -0.05) is 12.1 Å². The summed E-state index contributed by atoms with van der Waals surface area (Å²) < 4.78 is 36.4. The monoisotopic (exact) mass is 389 g/mol. The zero-order valence-corrected chi connectivity index (χ0v) is 15.7. The summed E-state index contributed by atoms with van der Waals surface area (Å²) in [6.07, 6.45) is 2.12. The fourth-order valence-electron chi connectivity index (χ4n) is 3.24. The van der Waals surface area contributed by atoms with Gasteiger partial charge in [-0.25, -0.2) is 12.8 Å². The van der Waals surface area contributed by atoms with E-state index in [2.05, 4.69) is 0 Å². The Morgan fingerprint density at radius 1 is 1.00 bits per heavy atom. The minimum Gasteiger partial charge on any atom is -0.339 e. The van der Waals surface area contributed by atoms with Crippen LogP contribution in [0, 0.1) is 11.7 Å². The first-order valence-electron chi connectivity index (χ1n) is 8.65. The van der Waals surface area contributed by atoms with Crippen LogP contribution in [0.5, 0.6) is 0 Å². The van der Waals surface area contributed by atoms with Gasteiger partial charge in [-0.2, -0.15) is 0 Å². The van der Waals surface area contributed by atoms with E-state index in [1.807, 2.05) is 0 Å². The number of halogens is 1. The standard InChI is InChI=1S/C20H20FNO4S/c1-27(25,26)18-4-2-3-16(13-18)19(23)14-9-11-22(12-10-14)20(24)15-5-7-17(21)8-6-15/h2-8,13-14H,9-12H2,1H3. The van der Waals surface area contributed by atoms with Crippen molar-refractivity contribution in [3.05, 3.63) is 65.5 Å². The Morgan fingerprint density at radius 3 is 2.22 bits per heavy atom. The summed E-state index contributed by atoms with van der Waals surface area (Å²) in [7, 11) is -3.38. The molecule has 2 aromatic rings. The Balaban J connectivity index is 1.66. The number of nitrogens with zero attached hydrogens (tertiary/aromatic N) is 1. The lowest BCUT2D eigenvalue weighted by molar-refractivity contribution is 0.0650. The lowest BCUT2D eigenvalue weighted by Gasteiger charge is -2.31. The summed E-state index contributed by atoms with van der Waals surface area (Å²) in [5, 5.41) is 0. The van der Waals surface area contributed by atoms with Gasteiger partial charge in [0.1, 0.15) is 5.82 Å². The molecule has 1 saturated heterocycles. The van der Waals surface area contributed by atoms with E-state index in [-0.39, 0.29) is 22.5 Å². The Labute approximate surface area is 157 Å². The van der Waals surface area contributed by atoms with Crippen molar-refractivity contribution in [2.75, 3.05) is 19.3 Å². The van der Waals surface area contributed by atoms with Crippen LogP contribution < -0.4 is 0 Å². The third-order valence-electron chi connectivity index (χ3n) is 4.79. The van der Waals surface area contributed by atoms with Crippen LogP contribution in [0.2, 0.25) is 0 Å². The molecule has 0 atom stereocenters. The number of carbonyl (C=O) groups is 2. The van der Waals surface area contributed by atoms with E-state index in [0.717, 1.165) is 6.26 Å². The molecule has 0 aliphatic carbocycles. The number of piperidine rings is 1. The number of ketones is 1. The van der Waals surface area contributed by atoms with Crippen LogP contribution in [0.15, 0.2) is 53.4 Å². The van der Waals surface area contributed by atoms with Crippen molar-refractivity contribution < 1.29 is 22.4 Å². The maximum Gasteiger partial charge on any atom is 0.253 e. The number of likely N-dealkylation sites (tertiary alicyclic amines) is 1. The van der Waals surface area contributed by atoms with Crippen molar-refractivity contribution in [2.45, 2.75) is 17.7 Å². The van der Waals surface area contributed by atoms with Crippen molar-refractivity contribution in [3.63, 3.8) is 0 Å². The summed E-state index contributed by atoms with van der Waals surface area (Å²) >= 11 is 0. The van der Waals surface area contributed by atoms with Gasteiger partial charge in [0.05, 0.1) is 4.90 Å². The van der Waals surface area contributed by atoms with E-state index in [4.69, 9.17) is 0 Å². The summed E-state index contributed by atoms with van der Waals surface area (Å²) in [4.78, 5) is 27.0. The van der Waals surface area contributed by atoms with E-state index in [0.29, 0.717) is 37.1 Å². The molecule has 0 unspecified atom stereocenters.